The van der Waals surface area contributed by atoms with E-state index < -0.39 is 0 Å². The zero-order valence-electron chi connectivity index (χ0n) is 11.9. The molecule has 0 fully saturated rings. The fourth-order valence-electron chi connectivity index (χ4n) is 2.13. The number of hydrogen-bond acceptors (Lipinski definition) is 3. The standard InChI is InChI=1S/C17H17NO2/c1-12-8-14(5-4-13(12)6-7-18)15-9-16(19-2)11-17(10-15)20-3/h4-5,8-11H,6H2,1-3H3. The summed E-state index contributed by atoms with van der Waals surface area (Å²) < 4.78 is 10.6. The lowest BCUT2D eigenvalue weighted by atomic mass is 9.98. The highest BCUT2D eigenvalue weighted by atomic mass is 16.5. The molecule has 0 spiro atoms. The van der Waals surface area contributed by atoms with Crippen molar-refractivity contribution in [3.05, 3.63) is 47.5 Å². The summed E-state index contributed by atoms with van der Waals surface area (Å²) in [6.45, 7) is 2.02. The molecule has 0 aliphatic heterocycles. The highest BCUT2D eigenvalue weighted by Gasteiger charge is 2.06. The normalized spacial score (nSPS) is 9.90. The van der Waals surface area contributed by atoms with Gasteiger partial charge >= 0.3 is 0 Å². The van der Waals surface area contributed by atoms with Crippen LogP contribution in [0.5, 0.6) is 11.5 Å². The third kappa shape index (κ3) is 2.92. The van der Waals surface area contributed by atoms with E-state index in [0.29, 0.717) is 6.42 Å². The molecule has 0 N–H and O–H groups in total. The number of methoxy groups -OCH3 is 2. The van der Waals surface area contributed by atoms with Crippen LogP contribution < -0.4 is 9.47 Å². The molecule has 3 nitrogen and oxygen atoms in total. The molecule has 102 valence electrons. The van der Waals surface area contributed by atoms with Crippen molar-refractivity contribution in [2.24, 2.45) is 0 Å². The van der Waals surface area contributed by atoms with Gasteiger partial charge in [-0.25, -0.2) is 0 Å². The summed E-state index contributed by atoms with van der Waals surface area (Å²) in [6.07, 6.45) is 0.438. The van der Waals surface area contributed by atoms with Crippen molar-refractivity contribution in [1.82, 2.24) is 0 Å². The van der Waals surface area contributed by atoms with Crippen LogP contribution in [0.1, 0.15) is 11.1 Å². The third-order valence-electron chi connectivity index (χ3n) is 3.30. The number of rotatable bonds is 4. The average molecular weight is 267 g/mol. The average Bonchev–Trinajstić information content (AvgIpc) is 2.48. The smallest absolute Gasteiger partial charge is 0.123 e. The molecule has 0 unspecified atom stereocenters. The number of hydrogen-bond donors (Lipinski definition) is 0. The van der Waals surface area contributed by atoms with Gasteiger partial charge in [-0.15, -0.1) is 0 Å². The molecule has 0 aliphatic rings. The summed E-state index contributed by atoms with van der Waals surface area (Å²) in [6, 6.07) is 14.1. The monoisotopic (exact) mass is 267 g/mol. The Balaban J connectivity index is 2.46. The van der Waals surface area contributed by atoms with Crippen molar-refractivity contribution in [2.45, 2.75) is 13.3 Å². The molecule has 0 saturated carbocycles. The van der Waals surface area contributed by atoms with Gasteiger partial charge in [-0.1, -0.05) is 18.2 Å². The second kappa shape index (κ2) is 6.12. The molecule has 3 heteroatoms. The molecule has 0 heterocycles. The van der Waals surface area contributed by atoms with Crippen LogP contribution in [0, 0.1) is 18.3 Å². The van der Waals surface area contributed by atoms with Crippen LogP contribution in [0.25, 0.3) is 11.1 Å². The first-order valence-electron chi connectivity index (χ1n) is 6.38. The summed E-state index contributed by atoms with van der Waals surface area (Å²) in [7, 11) is 3.28. The minimum absolute atomic E-state index is 0.438. The molecular formula is C17H17NO2. The van der Waals surface area contributed by atoms with E-state index >= 15 is 0 Å². The zero-order chi connectivity index (χ0) is 14.5. The first-order chi connectivity index (χ1) is 9.67. The summed E-state index contributed by atoms with van der Waals surface area (Å²) in [5, 5.41) is 8.78. The van der Waals surface area contributed by atoms with Gasteiger partial charge in [0.15, 0.2) is 0 Å². The van der Waals surface area contributed by atoms with Crippen molar-refractivity contribution in [2.75, 3.05) is 14.2 Å². The van der Waals surface area contributed by atoms with E-state index in [2.05, 4.69) is 12.1 Å². The lowest BCUT2D eigenvalue weighted by Gasteiger charge is -2.10. The predicted octanol–water partition coefficient (Wildman–Crippen LogP) is 3.75. The van der Waals surface area contributed by atoms with Crippen LogP contribution in [-0.2, 0) is 6.42 Å². The number of benzene rings is 2. The second-order valence-corrected chi connectivity index (χ2v) is 4.58. The number of aryl methyl sites for hydroxylation is 1. The van der Waals surface area contributed by atoms with Crippen molar-refractivity contribution < 1.29 is 9.47 Å². The van der Waals surface area contributed by atoms with E-state index in [1.165, 1.54) is 0 Å². The van der Waals surface area contributed by atoms with Crippen LogP contribution in [0.15, 0.2) is 36.4 Å². The largest absolute Gasteiger partial charge is 0.497 e. The first kappa shape index (κ1) is 14.0. The van der Waals surface area contributed by atoms with E-state index in [-0.39, 0.29) is 0 Å². The van der Waals surface area contributed by atoms with E-state index in [1.54, 1.807) is 14.2 Å². The number of nitrogens with zero attached hydrogens (tertiary/aromatic N) is 1. The summed E-state index contributed by atoms with van der Waals surface area (Å²) >= 11 is 0. The molecule has 2 aromatic carbocycles. The number of ether oxygens (including phenoxy) is 2. The molecule has 0 radical (unpaired) electrons. The predicted molar refractivity (Wildman–Crippen MR) is 79.0 cm³/mol. The number of nitriles is 1. The Labute approximate surface area is 119 Å². The fraction of sp³-hybridized carbons (Fsp3) is 0.235. The SMILES string of the molecule is COc1cc(OC)cc(-c2ccc(CC#N)c(C)c2)c1. The highest BCUT2D eigenvalue weighted by Crippen LogP contribution is 2.30. The molecule has 0 atom stereocenters. The van der Waals surface area contributed by atoms with Crippen molar-refractivity contribution in [1.29, 1.82) is 5.26 Å². The molecule has 2 aromatic rings. The Morgan fingerprint density at radius 2 is 1.60 bits per heavy atom. The van der Waals surface area contributed by atoms with Gasteiger partial charge in [0.25, 0.3) is 0 Å². The Morgan fingerprint density at radius 1 is 0.950 bits per heavy atom. The quantitative estimate of drug-likeness (QED) is 0.847. The fourth-order valence-corrected chi connectivity index (χ4v) is 2.13. The van der Waals surface area contributed by atoms with E-state index in [4.69, 9.17) is 14.7 Å². The van der Waals surface area contributed by atoms with Crippen molar-refractivity contribution in [3.63, 3.8) is 0 Å². The molecule has 0 bridgehead atoms. The Hall–Kier alpha value is -2.47. The van der Waals surface area contributed by atoms with Gasteiger partial charge in [0, 0.05) is 6.07 Å². The summed E-state index contributed by atoms with van der Waals surface area (Å²) in [5.41, 5.74) is 4.30. The van der Waals surface area contributed by atoms with Crippen LogP contribution in [-0.4, -0.2) is 14.2 Å². The van der Waals surface area contributed by atoms with Gasteiger partial charge in [0.2, 0.25) is 0 Å². The summed E-state index contributed by atoms with van der Waals surface area (Å²) in [5.74, 6) is 1.52. The third-order valence-corrected chi connectivity index (χ3v) is 3.30. The van der Waals surface area contributed by atoms with Gasteiger partial charge < -0.3 is 9.47 Å². The molecule has 0 aliphatic carbocycles. The molecule has 2 rings (SSSR count). The van der Waals surface area contributed by atoms with Crippen LogP contribution in [0.4, 0.5) is 0 Å². The highest BCUT2D eigenvalue weighted by molar-refractivity contribution is 5.68. The minimum atomic E-state index is 0.438. The van der Waals surface area contributed by atoms with Crippen LogP contribution in [0.2, 0.25) is 0 Å². The van der Waals surface area contributed by atoms with Crippen molar-refractivity contribution >= 4 is 0 Å². The lowest BCUT2D eigenvalue weighted by Crippen LogP contribution is -1.91. The van der Waals surface area contributed by atoms with Crippen LogP contribution in [0.3, 0.4) is 0 Å². The zero-order valence-corrected chi connectivity index (χ0v) is 11.9. The van der Waals surface area contributed by atoms with E-state index in [9.17, 15) is 0 Å². The van der Waals surface area contributed by atoms with Crippen LogP contribution >= 0.6 is 0 Å². The van der Waals surface area contributed by atoms with Crippen molar-refractivity contribution in [3.8, 4) is 28.7 Å². The van der Waals surface area contributed by atoms with Gasteiger partial charge in [0.1, 0.15) is 11.5 Å². The Bertz CT molecular complexity index is 634. The Kier molecular flexibility index (Phi) is 4.27. The van der Waals surface area contributed by atoms with Gasteiger partial charge in [-0.05, 0) is 41.3 Å². The summed E-state index contributed by atoms with van der Waals surface area (Å²) in [4.78, 5) is 0. The topological polar surface area (TPSA) is 42.2 Å². The van der Waals surface area contributed by atoms with E-state index in [0.717, 1.165) is 33.8 Å². The van der Waals surface area contributed by atoms with Gasteiger partial charge in [-0.3, -0.25) is 0 Å². The lowest BCUT2D eigenvalue weighted by molar-refractivity contribution is 0.394. The van der Waals surface area contributed by atoms with Gasteiger partial charge in [-0.2, -0.15) is 5.26 Å². The molecule has 20 heavy (non-hydrogen) atoms. The molecule has 0 aromatic heterocycles. The van der Waals surface area contributed by atoms with E-state index in [1.807, 2.05) is 37.3 Å². The molecule has 0 saturated heterocycles. The maximum Gasteiger partial charge on any atom is 0.123 e. The maximum atomic E-state index is 8.78. The minimum Gasteiger partial charge on any atom is -0.497 e. The van der Waals surface area contributed by atoms with Gasteiger partial charge in [0.05, 0.1) is 26.7 Å². The second-order valence-electron chi connectivity index (χ2n) is 4.58. The maximum absolute atomic E-state index is 8.78. The first-order valence-corrected chi connectivity index (χ1v) is 6.38. The molecular weight excluding hydrogens is 250 g/mol. The Morgan fingerprint density at radius 3 is 2.10 bits per heavy atom. The molecule has 0 amide bonds.